The first kappa shape index (κ1) is 15.4. The number of aliphatic carboxylic acids is 1. The molecule has 110 valence electrons. The van der Waals surface area contributed by atoms with Gasteiger partial charge in [-0.3, -0.25) is 4.79 Å². The standard InChI is InChI=1S/C15H17N3O2S/c1-2-3-4-8-18-12-7-5-6-11(9-16)14(12)17-15(18)21-10-13(19)20/h5-7H,2-4,8,10H2,1H3,(H,19,20). The summed E-state index contributed by atoms with van der Waals surface area (Å²) in [5.74, 6) is -0.897. The number of imidazole rings is 1. The van der Waals surface area contributed by atoms with Gasteiger partial charge in [-0.05, 0) is 18.6 Å². The molecule has 0 aliphatic rings. The Morgan fingerprint density at radius 1 is 1.48 bits per heavy atom. The number of aromatic nitrogens is 2. The molecule has 0 atom stereocenters. The van der Waals surface area contributed by atoms with Gasteiger partial charge in [0, 0.05) is 6.54 Å². The average molecular weight is 303 g/mol. The summed E-state index contributed by atoms with van der Waals surface area (Å²) in [6, 6.07) is 7.64. The molecule has 5 nitrogen and oxygen atoms in total. The Morgan fingerprint density at radius 3 is 2.95 bits per heavy atom. The van der Waals surface area contributed by atoms with Crippen molar-refractivity contribution >= 4 is 28.8 Å². The summed E-state index contributed by atoms with van der Waals surface area (Å²) in [5, 5.41) is 18.7. The molecule has 1 aromatic carbocycles. The lowest BCUT2D eigenvalue weighted by Gasteiger charge is -2.07. The fraction of sp³-hybridized carbons (Fsp3) is 0.400. The van der Waals surface area contributed by atoms with E-state index in [-0.39, 0.29) is 5.75 Å². The molecule has 0 radical (unpaired) electrons. The number of fused-ring (bicyclic) bond motifs is 1. The highest BCUT2D eigenvalue weighted by Crippen LogP contribution is 2.26. The second-order valence-electron chi connectivity index (χ2n) is 4.72. The molecule has 2 rings (SSSR count). The van der Waals surface area contributed by atoms with Gasteiger partial charge in [0.1, 0.15) is 11.6 Å². The zero-order valence-electron chi connectivity index (χ0n) is 11.9. The fourth-order valence-corrected chi connectivity index (χ4v) is 2.94. The van der Waals surface area contributed by atoms with E-state index in [1.807, 2.05) is 16.7 Å². The molecule has 0 unspecified atom stereocenters. The molecule has 0 fully saturated rings. The number of aryl methyl sites for hydroxylation is 1. The number of para-hydroxylation sites is 1. The van der Waals surface area contributed by atoms with Crippen LogP contribution < -0.4 is 0 Å². The zero-order chi connectivity index (χ0) is 15.2. The Balaban J connectivity index is 2.41. The minimum atomic E-state index is -0.868. The number of carbonyl (C=O) groups is 1. The molecular formula is C15H17N3O2S. The highest BCUT2D eigenvalue weighted by molar-refractivity contribution is 7.99. The predicted molar refractivity (Wildman–Crippen MR) is 82.3 cm³/mol. The van der Waals surface area contributed by atoms with Crippen LogP contribution in [0.15, 0.2) is 23.4 Å². The van der Waals surface area contributed by atoms with Crippen molar-refractivity contribution in [3.05, 3.63) is 23.8 Å². The SMILES string of the molecule is CCCCCn1c(SCC(=O)O)nc2c(C#N)cccc21. The quantitative estimate of drug-likeness (QED) is 0.627. The van der Waals surface area contributed by atoms with E-state index in [1.54, 1.807) is 6.07 Å². The monoisotopic (exact) mass is 303 g/mol. The maximum atomic E-state index is 10.8. The van der Waals surface area contributed by atoms with Crippen LogP contribution in [0.1, 0.15) is 31.7 Å². The first-order valence-corrected chi connectivity index (χ1v) is 7.90. The number of hydrogen-bond donors (Lipinski definition) is 1. The lowest BCUT2D eigenvalue weighted by molar-refractivity contribution is -0.133. The molecule has 21 heavy (non-hydrogen) atoms. The minimum absolute atomic E-state index is 0.0288. The van der Waals surface area contributed by atoms with Crippen LogP contribution in [0, 0.1) is 11.3 Å². The first-order chi connectivity index (χ1) is 10.2. The first-order valence-electron chi connectivity index (χ1n) is 6.91. The van der Waals surface area contributed by atoms with Crippen LogP contribution in [-0.2, 0) is 11.3 Å². The highest BCUT2D eigenvalue weighted by atomic mass is 32.2. The number of carboxylic acid groups (broad SMARTS) is 1. The summed E-state index contributed by atoms with van der Waals surface area (Å²) in [6.45, 7) is 2.93. The van der Waals surface area contributed by atoms with E-state index in [0.717, 1.165) is 31.3 Å². The van der Waals surface area contributed by atoms with Crippen molar-refractivity contribution in [2.24, 2.45) is 0 Å². The Bertz CT molecular complexity index is 688. The van der Waals surface area contributed by atoms with Gasteiger partial charge in [0.2, 0.25) is 0 Å². The van der Waals surface area contributed by atoms with Crippen molar-refractivity contribution in [2.75, 3.05) is 5.75 Å². The molecule has 0 aliphatic heterocycles. The van der Waals surface area contributed by atoms with Gasteiger partial charge in [-0.25, -0.2) is 4.98 Å². The Kier molecular flexibility index (Phi) is 5.23. The molecule has 1 heterocycles. The van der Waals surface area contributed by atoms with Crippen molar-refractivity contribution in [2.45, 2.75) is 37.9 Å². The van der Waals surface area contributed by atoms with Gasteiger partial charge < -0.3 is 9.67 Å². The molecule has 0 amide bonds. The second-order valence-corrected chi connectivity index (χ2v) is 5.66. The third-order valence-electron chi connectivity index (χ3n) is 3.17. The summed E-state index contributed by atoms with van der Waals surface area (Å²) in [6.07, 6.45) is 3.24. The molecule has 6 heteroatoms. The zero-order valence-corrected chi connectivity index (χ0v) is 12.7. The summed E-state index contributed by atoms with van der Waals surface area (Å²) in [5.41, 5.74) is 2.08. The molecule has 1 aromatic heterocycles. The maximum Gasteiger partial charge on any atom is 0.313 e. The minimum Gasteiger partial charge on any atom is -0.481 e. The predicted octanol–water partition coefficient (Wildman–Crippen LogP) is 3.27. The number of unbranched alkanes of at least 4 members (excludes halogenated alkanes) is 2. The van der Waals surface area contributed by atoms with Crippen LogP contribution in [0.25, 0.3) is 11.0 Å². The number of rotatable bonds is 7. The average Bonchev–Trinajstić information content (AvgIpc) is 2.83. The largest absolute Gasteiger partial charge is 0.481 e. The van der Waals surface area contributed by atoms with Crippen molar-refractivity contribution in [1.29, 1.82) is 5.26 Å². The normalized spacial score (nSPS) is 10.7. The van der Waals surface area contributed by atoms with E-state index in [0.29, 0.717) is 16.2 Å². The lowest BCUT2D eigenvalue weighted by atomic mass is 10.2. The molecule has 2 aromatic rings. The van der Waals surface area contributed by atoms with Crippen molar-refractivity contribution < 1.29 is 9.90 Å². The third kappa shape index (κ3) is 3.56. The van der Waals surface area contributed by atoms with E-state index in [4.69, 9.17) is 10.4 Å². The smallest absolute Gasteiger partial charge is 0.313 e. The van der Waals surface area contributed by atoms with Crippen molar-refractivity contribution in [1.82, 2.24) is 9.55 Å². The molecule has 0 saturated carbocycles. The number of carboxylic acids is 1. The van der Waals surface area contributed by atoms with Crippen molar-refractivity contribution in [3.63, 3.8) is 0 Å². The van der Waals surface area contributed by atoms with Gasteiger partial charge in [0.25, 0.3) is 0 Å². The molecule has 0 aliphatic carbocycles. The van der Waals surface area contributed by atoms with Crippen LogP contribution in [0.5, 0.6) is 0 Å². The summed E-state index contributed by atoms with van der Waals surface area (Å²) in [7, 11) is 0. The number of nitriles is 1. The molecular weight excluding hydrogens is 286 g/mol. The molecule has 0 spiro atoms. The van der Waals surface area contributed by atoms with Crippen LogP contribution in [0.3, 0.4) is 0 Å². The fourth-order valence-electron chi connectivity index (χ4n) is 2.19. The Hall–Kier alpha value is -2.00. The number of benzene rings is 1. The molecule has 1 N–H and O–H groups in total. The Morgan fingerprint density at radius 2 is 2.29 bits per heavy atom. The summed E-state index contributed by atoms with van der Waals surface area (Å²) >= 11 is 1.20. The van der Waals surface area contributed by atoms with Gasteiger partial charge in [-0.15, -0.1) is 0 Å². The van der Waals surface area contributed by atoms with Crippen LogP contribution >= 0.6 is 11.8 Å². The second kappa shape index (κ2) is 7.14. The van der Waals surface area contributed by atoms with E-state index in [1.165, 1.54) is 11.8 Å². The lowest BCUT2D eigenvalue weighted by Crippen LogP contribution is -2.03. The van der Waals surface area contributed by atoms with Gasteiger partial charge in [-0.2, -0.15) is 5.26 Å². The van der Waals surface area contributed by atoms with E-state index in [2.05, 4.69) is 18.0 Å². The summed E-state index contributed by atoms with van der Waals surface area (Å²) in [4.78, 5) is 15.2. The van der Waals surface area contributed by atoms with Crippen LogP contribution in [0.2, 0.25) is 0 Å². The topological polar surface area (TPSA) is 78.9 Å². The van der Waals surface area contributed by atoms with Crippen LogP contribution in [-0.4, -0.2) is 26.4 Å². The number of hydrogen-bond acceptors (Lipinski definition) is 4. The van der Waals surface area contributed by atoms with Crippen LogP contribution in [0.4, 0.5) is 0 Å². The third-order valence-corrected chi connectivity index (χ3v) is 4.14. The molecule has 0 saturated heterocycles. The number of thioether (sulfide) groups is 1. The Labute approximate surface area is 127 Å². The highest BCUT2D eigenvalue weighted by Gasteiger charge is 2.14. The maximum absolute atomic E-state index is 10.8. The van der Waals surface area contributed by atoms with E-state index >= 15 is 0 Å². The van der Waals surface area contributed by atoms with E-state index < -0.39 is 5.97 Å². The van der Waals surface area contributed by atoms with Gasteiger partial charge in [-0.1, -0.05) is 37.6 Å². The van der Waals surface area contributed by atoms with Gasteiger partial charge in [0.05, 0.1) is 16.8 Å². The van der Waals surface area contributed by atoms with E-state index in [9.17, 15) is 4.79 Å². The van der Waals surface area contributed by atoms with Gasteiger partial charge >= 0.3 is 5.97 Å². The van der Waals surface area contributed by atoms with Crippen molar-refractivity contribution in [3.8, 4) is 6.07 Å². The number of nitrogens with zero attached hydrogens (tertiary/aromatic N) is 3. The van der Waals surface area contributed by atoms with Gasteiger partial charge in [0.15, 0.2) is 5.16 Å². The molecule has 0 bridgehead atoms. The summed E-state index contributed by atoms with van der Waals surface area (Å²) < 4.78 is 2.03.